The van der Waals surface area contributed by atoms with Crippen molar-refractivity contribution in [3.63, 3.8) is 0 Å². The number of furan rings is 1. The molecule has 1 heterocycles. The highest BCUT2D eigenvalue weighted by Gasteiger charge is 2.22. The van der Waals surface area contributed by atoms with Crippen LogP contribution >= 0.6 is 0 Å². The normalized spacial score (nSPS) is 12.5. The van der Waals surface area contributed by atoms with Crippen LogP contribution < -0.4 is 5.32 Å². The Morgan fingerprint density at radius 3 is 2.17 bits per heavy atom. The maximum absolute atomic E-state index is 13.7. The zero-order valence-corrected chi connectivity index (χ0v) is 24.0. The lowest BCUT2D eigenvalue weighted by Crippen LogP contribution is -2.23. The van der Waals surface area contributed by atoms with E-state index in [4.69, 9.17) is 4.42 Å². The standard InChI is InChI=1S/C37H35NO3/c1-25(39)28-13-11-27(12-14-28)23-33(29-15-9-26(10-16-29)21-22-37(2,3)4)36(40)38-32-19-17-30(18-20-32)35-24-31-7-5-6-8-34(31)41-35/h5-22,24,33H,23H2,1-4H3,(H,38,40)/b22-21+/t33-/m1/s1. The smallest absolute Gasteiger partial charge is 0.232 e. The minimum absolute atomic E-state index is 0.0239. The Labute approximate surface area is 241 Å². The van der Waals surface area contributed by atoms with E-state index in [2.05, 4.69) is 50.4 Å². The maximum atomic E-state index is 13.7. The molecular formula is C37H35NO3. The van der Waals surface area contributed by atoms with Gasteiger partial charge in [0.25, 0.3) is 0 Å². The molecular weight excluding hydrogens is 506 g/mol. The molecule has 1 N–H and O–H groups in total. The van der Waals surface area contributed by atoms with Crippen LogP contribution in [0.1, 0.15) is 60.7 Å². The number of ketones is 1. The minimum Gasteiger partial charge on any atom is -0.456 e. The van der Waals surface area contributed by atoms with Crippen molar-refractivity contribution in [3.8, 4) is 11.3 Å². The average molecular weight is 542 g/mol. The van der Waals surface area contributed by atoms with Crippen LogP contribution in [0.2, 0.25) is 0 Å². The summed E-state index contributed by atoms with van der Waals surface area (Å²) < 4.78 is 5.99. The van der Waals surface area contributed by atoms with E-state index < -0.39 is 5.92 Å². The summed E-state index contributed by atoms with van der Waals surface area (Å²) in [6.45, 7) is 8.05. The van der Waals surface area contributed by atoms with E-state index in [1.165, 1.54) is 0 Å². The van der Waals surface area contributed by atoms with Crippen molar-refractivity contribution in [1.29, 1.82) is 0 Å². The van der Waals surface area contributed by atoms with Gasteiger partial charge in [0, 0.05) is 22.2 Å². The fraction of sp³-hybridized carbons (Fsp3) is 0.189. The largest absolute Gasteiger partial charge is 0.456 e. The SMILES string of the molecule is CC(=O)c1ccc(C[C@@H](C(=O)Nc2ccc(-c3cc4ccccc4o3)cc2)c2ccc(/C=C/C(C)(C)C)cc2)cc1. The predicted molar refractivity (Wildman–Crippen MR) is 168 cm³/mol. The molecule has 41 heavy (non-hydrogen) atoms. The zero-order valence-electron chi connectivity index (χ0n) is 24.0. The molecule has 1 amide bonds. The van der Waals surface area contributed by atoms with Gasteiger partial charge >= 0.3 is 0 Å². The quantitative estimate of drug-likeness (QED) is 0.199. The molecule has 0 radical (unpaired) electrons. The first kappa shape index (κ1) is 27.9. The molecule has 206 valence electrons. The van der Waals surface area contributed by atoms with E-state index in [1.807, 2.05) is 91.0 Å². The van der Waals surface area contributed by atoms with Crippen LogP contribution in [-0.4, -0.2) is 11.7 Å². The number of Topliss-reactive ketones (excluding diaryl/α,β-unsaturated/α-hetero) is 1. The Bertz CT molecular complexity index is 1650. The monoisotopic (exact) mass is 541 g/mol. The van der Waals surface area contributed by atoms with Crippen LogP contribution in [0.3, 0.4) is 0 Å². The Balaban J connectivity index is 1.37. The number of carbonyl (C=O) groups excluding carboxylic acids is 2. The summed E-state index contributed by atoms with van der Waals surface area (Å²) in [5.41, 5.74) is 6.28. The number of anilines is 1. The molecule has 5 rings (SSSR count). The molecule has 0 unspecified atom stereocenters. The van der Waals surface area contributed by atoms with Crippen LogP contribution in [0.4, 0.5) is 5.69 Å². The summed E-state index contributed by atoms with van der Waals surface area (Å²) >= 11 is 0. The average Bonchev–Trinajstić information content (AvgIpc) is 3.40. The van der Waals surface area contributed by atoms with Crippen molar-refractivity contribution >= 4 is 34.4 Å². The zero-order chi connectivity index (χ0) is 29.0. The van der Waals surface area contributed by atoms with Crippen LogP contribution in [-0.2, 0) is 11.2 Å². The first-order chi connectivity index (χ1) is 19.6. The highest BCUT2D eigenvalue weighted by Crippen LogP contribution is 2.30. The van der Waals surface area contributed by atoms with Gasteiger partial charge in [-0.25, -0.2) is 0 Å². The summed E-state index contributed by atoms with van der Waals surface area (Å²) in [4.78, 5) is 25.5. The predicted octanol–water partition coefficient (Wildman–Crippen LogP) is 9.33. The van der Waals surface area contributed by atoms with Crippen molar-refractivity contribution in [3.05, 3.63) is 131 Å². The summed E-state index contributed by atoms with van der Waals surface area (Å²) in [5, 5.41) is 4.17. The summed E-state index contributed by atoms with van der Waals surface area (Å²) in [7, 11) is 0. The molecule has 0 bridgehead atoms. The second-order valence-corrected chi connectivity index (χ2v) is 11.6. The van der Waals surface area contributed by atoms with Gasteiger partial charge in [-0.2, -0.15) is 0 Å². The Hall–Kier alpha value is -4.70. The van der Waals surface area contributed by atoms with Gasteiger partial charge in [0.2, 0.25) is 5.91 Å². The Morgan fingerprint density at radius 2 is 1.54 bits per heavy atom. The number of para-hydroxylation sites is 1. The summed E-state index contributed by atoms with van der Waals surface area (Å²) in [6, 6.07) is 33.3. The molecule has 0 saturated heterocycles. The van der Waals surface area contributed by atoms with Crippen molar-refractivity contribution in [2.75, 3.05) is 5.32 Å². The summed E-state index contributed by atoms with van der Waals surface area (Å²) in [5.74, 6) is 0.316. The number of carbonyl (C=O) groups is 2. The number of fused-ring (bicyclic) bond motifs is 1. The topological polar surface area (TPSA) is 59.3 Å². The minimum atomic E-state index is -0.408. The number of hydrogen-bond donors (Lipinski definition) is 1. The van der Waals surface area contributed by atoms with Gasteiger partial charge in [0.1, 0.15) is 11.3 Å². The fourth-order valence-electron chi connectivity index (χ4n) is 4.73. The van der Waals surface area contributed by atoms with Gasteiger partial charge in [-0.3, -0.25) is 9.59 Å². The molecule has 0 fully saturated rings. The molecule has 1 aromatic heterocycles. The molecule has 1 atom stereocenters. The van der Waals surface area contributed by atoms with Crippen molar-refractivity contribution in [2.45, 2.75) is 40.0 Å². The van der Waals surface area contributed by atoms with Gasteiger partial charge < -0.3 is 9.73 Å². The molecule has 0 aliphatic rings. The van der Waals surface area contributed by atoms with Gasteiger partial charge in [-0.1, -0.05) is 99.7 Å². The molecule has 0 spiro atoms. The van der Waals surface area contributed by atoms with Gasteiger partial charge in [0.15, 0.2) is 5.78 Å². The lowest BCUT2D eigenvalue weighted by Gasteiger charge is -2.18. The van der Waals surface area contributed by atoms with Gasteiger partial charge in [-0.05, 0) is 71.8 Å². The van der Waals surface area contributed by atoms with Crippen molar-refractivity contribution < 1.29 is 14.0 Å². The highest BCUT2D eigenvalue weighted by molar-refractivity contribution is 5.96. The van der Waals surface area contributed by atoms with Crippen LogP contribution in [0.5, 0.6) is 0 Å². The number of benzene rings is 4. The maximum Gasteiger partial charge on any atom is 0.232 e. The lowest BCUT2D eigenvalue weighted by atomic mass is 9.89. The number of allylic oxidation sites excluding steroid dienone is 1. The molecule has 5 aromatic rings. The lowest BCUT2D eigenvalue weighted by molar-refractivity contribution is -0.117. The second kappa shape index (κ2) is 11.8. The van der Waals surface area contributed by atoms with E-state index in [1.54, 1.807) is 6.92 Å². The Kier molecular flexibility index (Phi) is 8.02. The van der Waals surface area contributed by atoms with E-state index in [0.29, 0.717) is 12.0 Å². The van der Waals surface area contributed by atoms with E-state index in [9.17, 15) is 9.59 Å². The van der Waals surface area contributed by atoms with Crippen molar-refractivity contribution in [2.24, 2.45) is 5.41 Å². The first-order valence-corrected chi connectivity index (χ1v) is 13.9. The van der Waals surface area contributed by atoms with E-state index >= 15 is 0 Å². The van der Waals surface area contributed by atoms with Gasteiger partial charge in [0.05, 0.1) is 5.92 Å². The van der Waals surface area contributed by atoms with Crippen LogP contribution in [0, 0.1) is 5.41 Å². The molecule has 4 aromatic carbocycles. The number of hydrogen-bond acceptors (Lipinski definition) is 3. The molecule has 0 aliphatic heterocycles. The van der Waals surface area contributed by atoms with Crippen LogP contribution in [0.25, 0.3) is 28.4 Å². The third-order valence-corrected chi connectivity index (χ3v) is 7.09. The molecule has 0 aliphatic carbocycles. The third kappa shape index (κ3) is 7.09. The fourth-order valence-corrected chi connectivity index (χ4v) is 4.73. The van der Waals surface area contributed by atoms with E-state index in [0.717, 1.165) is 44.7 Å². The molecule has 0 saturated carbocycles. The molecule has 4 heteroatoms. The number of rotatable bonds is 8. The Morgan fingerprint density at radius 1 is 0.854 bits per heavy atom. The number of amides is 1. The van der Waals surface area contributed by atoms with Gasteiger partial charge in [-0.15, -0.1) is 0 Å². The van der Waals surface area contributed by atoms with Crippen LogP contribution in [0.15, 0.2) is 114 Å². The molecule has 4 nitrogen and oxygen atoms in total. The first-order valence-electron chi connectivity index (χ1n) is 13.9. The van der Waals surface area contributed by atoms with Crippen molar-refractivity contribution in [1.82, 2.24) is 0 Å². The summed E-state index contributed by atoms with van der Waals surface area (Å²) in [6.07, 6.45) is 4.80. The van der Waals surface area contributed by atoms with E-state index in [-0.39, 0.29) is 17.1 Å². The second-order valence-electron chi connectivity index (χ2n) is 11.6. The highest BCUT2D eigenvalue weighted by atomic mass is 16.3. The number of nitrogens with one attached hydrogen (secondary N) is 1. The third-order valence-electron chi connectivity index (χ3n) is 7.09.